The minimum absolute atomic E-state index is 0.286. The van der Waals surface area contributed by atoms with E-state index in [0.717, 1.165) is 16.4 Å². The summed E-state index contributed by atoms with van der Waals surface area (Å²) in [5, 5.41) is 5.64. The lowest BCUT2D eigenvalue weighted by atomic mass is 10.2. The van der Waals surface area contributed by atoms with Crippen LogP contribution in [0.2, 0.25) is 0 Å². The Morgan fingerprint density at radius 3 is 2.87 bits per heavy atom. The van der Waals surface area contributed by atoms with Crippen LogP contribution in [-0.4, -0.2) is 22.4 Å². The molecule has 0 radical (unpaired) electrons. The first kappa shape index (κ1) is 15.3. The second kappa shape index (κ2) is 7.11. The SMILES string of the molecule is O=C(NCCc1nc(-c2ccccn2)cs1)c1cccc(F)c1. The van der Waals surface area contributed by atoms with Crippen LogP contribution in [0.25, 0.3) is 11.4 Å². The quantitative estimate of drug-likeness (QED) is 0.782. The molecule has 116 valence electrons. The first-order valence-corrected chi connectivity index (χ1v) is 8.00. The Morgan fingerprint density at radius 2 is 2.09 bits per heavy atom. The molecule has 1 aromatic carbocycles. The van der Waals surface area contributed by atoms with E-state index in [4.69, 9.17) is 0 Å². The lowest BCUT2D eigenvalue weighted by Gasteiger charge is -2.03. The number of amides is 1. The molecule has 1 N–H and O–H groups in total. The second-order valence-electron chi connectivity index (χ2n) is 4.86. The molecule has 0 bridgehead atoms. The van der Waals surface area contributed by atoms with E-state index in [9.17, 15) is 9.18 Å². The van der Waals surface area contributed by atoms with Crippen LogP contribution >= 0.6 is 11.3 Å². The molecule has 0 aliphatic rings. The summed E-state index contributed by atoms with van der Waals surface area (Å²) in [6, 6.07) is 11.3. The predicted molar refractivity (Wildman–Crippen MR) is 87.8 cm³/mol. The number of hydrogen-bond donors (Lipinski definition) is 1. The zero-order chi connectivity index (χ0) is 16.1. The third-order valence-corrected chi connectivity index (χ3v) is 4.10. The number of aromatic nitrogens is 2. The summed E-state index contributed by atoms with van der Waals surface area (Å²) in [6.45, 7) is 0.449. The van der Waals surface area contributed by atoms with Gasteiger partial charge >= 0.3 is 0 Å². The van der Waals surface area contributed by atoms with Crippen molar-refractivity contribution in [2.45, 2.75) is 6.42 Å². The van der Waals surface area contributed by atoms with Gasteiger partial charge in [-0.2, -0.15) is 0 Å². The van der Waals surface area contributed by atoms with Gasteiger partial charge < -0.3 is 5.32 Å². The van der Waals surface area contributed by atoms with Crippen LogP contribution in [0.1, 0.15) is 15.4 Å². The number of halogens is 1. The number of thiazole rings is 1. The Hall–Kier alpha value is -2.60. The second-order valence-corrected chi connectivity index (χ2v) is 5.80. The van der Waals surface area contributed by atoms with Crippen LogP contribution in [0.3, 0.4) is 0 Å². The maximum Gasteiger partial charge on any atom is 0.251 e. The number of carbonyl (C=O) groups excluding carboxylic acids is 1. The molecular weight excluding hydrogens is 313 g/mol. The van der Waals surface area contributed by atoms with Crippen molar-refractivity contribution in [2.75, 3.05) is 6.54 Å². The first-order valence-electron chi connectivity index (χ1n) is 7.12. The van der Waals surface area contributed by atoms with Crippen molar-refractivity contribution >= 4 is 17.2 Å². The molecule has 2 heterocycles. The van der Waals surface area contributed by atoms with Crippen LogP contribution in [0, 0.1) is 5.82 Å². The number of hydrogen-bond acceptors (Lipinski definition) is 4. The molecular formula is C17H14FN3OS. The number of nitrogens with one attached hydrogen (secondary N) is 1. The third-order valence-electron chi connectivity index (χ3n) is 3.19. The molecule has 0 spiro atoms. The van der Waals surface area contributed by atoms with Crippen LogP contribution in [0.4, 0.5) is 4.39 Å². The van der Waals surface area contributed by atoms with Gasteiger partial charge in [-0.15, -0.1) is 11.3 Å². The fraction of sp³-hybridized carbons (Fsp3) is 0.118. The van der Waals surface area contributed by atoms with Crippen molar-refractivity contribution in [3.05, 3.63) is 70.4 Å². The summed E-state index contributed by atoms with van der Waals surface area (Å²) in [7, 11) is 0. The van der Waals surface area contributed by atoms with Gasteiger partial charge in [0.05, 0.1) is 16.4 Å². The smallest absolute Gasteiger partial charge is 0.251 e. The normalized spacial score (nSPS) is 10.5. The summed E-state index contributed by atoms with van der Waals surface area (Å²) in [5.41, 5.74) is 1.99. The molecule has 23 heavy (non-hydrogen) atoms. The molecule has 1 amide bonds. The standard InChI is InChI=1S/C17H14FN3OS/c18-13-5-3-4-12(10-13)17(22)20-9-7-16-21-15(11-23-16)14-6-1-2-8-19-14/h1-6,8,10-11H,7,9H2,(H,20,22). The van der Waals surface area contributed by atoms with Gasteiger partial charge in [-0.05, 0) is 30.3 Å². The predicted octanol–water partition coefficient (Wildman–Crippen LogP) is 3.32. The van der Waals surface area contributed by atoms with Crippen molar-refractivity contribution < 1.29 is 9.18 Å². The Morgan fingerprint density at radius 1 is 1.17 bits per heavy atom. The number of nitrogens with zero attached hydrogens (tertiary/aromatic N) is 2. The van der Waals surface area contributed by atoms with E-state index in [-0.39, 0.29) is 5.91 Å². The molecule has 0 atom stereocenters. The minimum Gasteiger partial charge on any atom is -0.352 e. The summed E-state index contributed by atoms with van der Waals surface area (Å²) in [4.78, 5) is 20.7. The fourth-order valence-corrected chi connectivity index (χ4v) is 2.86. The van der Waals surface area contributed by atoms with Gasteiger partial charge in [-0.1, -0.05) is 12.1 Å². The fourth-order valence-electron chi connectivity index (χ4n) is 2.07. The minimum atomic E-state index is -0.419. The highest BCUT2D eigenvalue weighted by molar-refractivity contribution is 7.09. The van der Waals surface area contributed by atoms with E-state index in [1.165, 1.54) is 29.5 Å². The lowest BCUT2D eigenvalue weighted by Crippen LogP contribution is -2.25. The van der Waals surface area contributed by atoms with Crippen LogP contribution in [0.5, 0.6) is 0 Å². The number of pyridine rings is 1. The van der Waals surface area contributed by atoms with Gasteiger partial charge in [0.15, 0.2) is 0 Å². The monoisotopic (exact) mass is 327 g/mol. The molecule has 6 heteroatoms. The van der Waals surface area contributed by atoms with Gasteiger partial charge in [-0.3, -0.25) is 9.78 Å². The van der Waals surface area contributed by atoms with E-state index in [1.54, 1.807) is 12.3 Å². The maximum absolute atomic E-state index is 13.1. The Labute approximate surface area is 137 Å². The topological polar surface area (TPSA) is 54.9 Å². The molecule has 0 saturated carbocycles. The third kappa shape index (κ3) is 3.98. The largest absolute Gasteiger partial charge is 0.352 e. The van der Waals surface area contributed by atoms with E-state index in [0.29, 0.717) is 18.5 Å². The molecule has 3 aromatic rings. The van der Waals surface area contributed by atoms with E-state index in [2.05, 4.69) is 15.3 Å². The van der Waals surface area contributed by atoms with E-state index in [1.807, 2.05) is 23.6 Å². The molecule has 0 aliphatic heterocycles. The molecule has 2 aromatic heterocycles. The van der Waals surface area contributed by atoms with Crippen LogP contribution in [-0.2, 0) is 6.42 Å². The van der Waals surface area contributed by atoms with Crippen molar-refractivity contribution in [2.24, 2.45) is 0 Å². The van der Waals surface area contributed by atoms with Gasteiger partial charge in [0, 0.05) is 30.1 Å². The van der Waals surface area contributed by atoms with E-state index < -0.39 is 5.82 Å². The molecule has 0 aliphatic carbocycles. The van der Waals surface area contributed by atoms with Crippen molar-refractivity contribution in [1.82, 2.24) is 15.3 Å². The average molecular weight is 327 g/mol. The van der Waals surface area contributed by atoms with Gasteiger partial charge in [0.2, 0.25) is 0 Å². The molecule has 4 nitrogen and oxygen atoms in total. The van der Waals surface area contributed by atoms with Crippen molar-refractivity contribution in [3.63, 3.8) is 0 Å². The number of rotatable bonds is 5. The van der Waals surface area contributed by atoms with Crippen molar-refractivity contribution in [1.29, 1.82) is 0 Å². The summed E-state index contributed by atoms with van der Waals surface area (Å²) in [5.74, 6) is -0.705. The maximum atomic E-state index is 13.1. The molecule has 3 rings (SSSR count). The highest BCUT2D eigenvalue weighted by Crippen LogP contribution is 2.19. The lowest BCUT2D eigenvalue weighted by molar-refractivity contribution is 0.0953. The van der Waals surface area contributed by atoms with Crippen LogP contribution in [0.15, 0.2) is 54.0 Å². The Bertz CT molecular complexity index is 804. The van der Waals surface area contributed by atoms with E-state index >= 15 is 0 Å². The zero-order valence-electron chi connectivity index (χ0n) is 12.2. The Balaban J connectivity index is 1.55. The molecule has 0 unspecified atom stereocenters. The number of benzene rings is 1. The summed E-state index contributed by atoms with van der Waals surface area (Å²) in [6.07, 6.45) is 2.35. The van der Waals surface area contributed by atoms with Crippen LogP contribution < -0.4 is 5.32 Å². The summed E-state index contributed by atoms with van der Waals surface area (Å²) >= 11 is 1.53. The average Bonchev–Trinajstić information content (AvgIpc) is 3.04. The number of carbonyl (C=O) groups is 1. The Kier molecular flexibility index (Phi) is 4.73. The highest BCUT2D eigenvalue weighted by Gasteiger charge is 2.08. The van der Waals surface area contributed by atoms with Gasteiger partial charge in [0.1, 0.15) is 5.82 Å². The first-order chi connectivity index (χ1) is 11.2. The highest BCUT2D eigenvalue weighted by atomic mass is 32.1. The molecule has 0 saturated heterocycles. The van der Waals surface area contributed by atoms with Crippen molar-refractivity contribution in [3.8, 4) is 11.4 Å². The zero-order valence-corrected chi connectivity index (χ0v) is 13.0. The van der Waals surface area contributed by atoms with Gasteiger partial charge in [0.25, 0.3) is 5.91 Å². The molecule has 0 fully saturated rings. The summed E-state index contributed by atoms with van der Waals surface area (Å²) < 4.78 is 13.1. The van der Waals surface area contributed by atoms with Gasteiger partial charge in [-0.25, -0.2) is 9.37 Å².